The lowest BCUT2D eigenvalue weighted by atomic mass is 10.1. The number of benzene rings is 2. The molecule has 1 amide bonds. The van der Waals surface area contributed by atoms with Crippen molar-refractivity contribution in [1.82, 2.24) is 9.55 Å². The Balaban J connectivity index is 1.50. The van der Waals surface area contributed by atoms with E-state index in [0.717, 1.165) is 21.6 Å². The van der Waals surface area contributed by atoms with E-state index in [1.165, 1.54) is 11.3 Å². The lowest BCUT2D eigenvalue weighted by Gasteiger charge is -2.14. The third-order valence-electron chi connectivity index (χ3n) is 4.70. The van der Waals surface area contributed by atoms with Crippen LogP contribution in [0.3, 0.4) is 0 Å². The summed E-state index contributed by atoms with van der Waals surface area (Å²) in [6.07, 6.45) is 0. The van der Waals surface area contributed by atoms with E-state index in [4.69, 9.17) is 0 Å². The number of carbonyl (C=O) groups excluding carboxylic acids is 1. The second-order valence-electron chi connectivity index (χ2n) is 6.51. The summed E-state index contributed by atoms with van der Waals surface area (Å²) in [6, 6.07) is 18.7. The van der Waals surface area contributed by atoms with Crippen molar-refractivity contribution in [3.05, 3.63) is 81.6 Å². The number of carbonyl (C=O) groups is 1. The number of fused-ring (bicyclic) bond motifs is 2. The van der Waals surface area contributed by atoms with E-state index in [1.807, 2.05) is 63.9 Å². The molecule has 3 heterocycles. The van der Waals surface area contributed by atoms with Gasteiger partial charge >= 0.3 is 0 Å². The maximum atomic E-state index is 12.8. The van der Waals surface area contributed by atoms with Crippen LogP contribution in [0.5, 0.6) is 0 Å². The molecule has 0 spiro atoms. The minimum Gasteiger partial charge on any atom is -0.331 e. The molecule has 0 aliphatic heterocycles. The molecule has 0 saturated carbocycles. The number of rotatable bonds is 4. The number of thiazole rings is 1. The van der Waals surface area contributed by atoms with Gasteiger partial charge in [-0.1, -0.05) is 30.3 Å². The second-order valence-corrected chi connectivity index (χ2v) is 8.32. The number of hydrogen-bond acceptors (Lipinski definition) is 5. The first-order chi connectivity index (χ1) is 14.2. The highest BCUT2D eigenvalue weighted by Gasteiger charge is 2.14. The van der Waals surface area contributed by atoms with Gasteiger partial charge < -0.3 is 9.88 Å². The summed E-state index contributed by atoms with van der Waals surface area (Å²) in [5, 5.41) is 8.60. The highest BCUT2D eigenvalue weighted by Crippen LogP contribution is 2.28. The lowest BCUT2D eigenvalue weighted by molar-refractivity contribution is -0.116. The summed E-state index contributed by atoms with van der Waals surface area (Å²) >= 11 is 3.01. The summed E-state index contributed by atoms with van der Waals surface area (Å²) in [5.41, 5.74) is 2.32. The minimum absolute atomic E-state index is 0.0200. The fraction of sp³-hybridized carbons (Fsp3) is 0.0455. The molecule has 0 fully saturated rings. The average Bonchev–Trinajstić information content (AvgIpc) is 3.43. The zero-order chi connectivity index (χ0) is 19.8. The topological polar surface area (TPSA) is 64.0 Å². The van der Waals surface area contributed by atoms with Crippen LogP contribution in [0.25, 0.3) is 32.4 Å². The molecule has 0 bridgehead atoms. The van der Waals surface area contributed by atoms with Crippen LogP contribution in [0.1, 0.15) is 0 Å². The first kappa shape index (κ1) is 17.8. The maximum absolute atomic E-state index is 12.8. The summed E-state index contributed by atoms with van der Waals surface area (Å²) in [6.45, 7) is 0.0925. The molecule has 0 aliphatic rings. The molecule has 5 aromatic rings. The standard InChI is InChI=1S/C22H15N3O2S2/c26-20(24-22-23-16(13-29-22)19-10-5-11-28-19)12-25-17-8-3-1-6-14(17)21(27)15-7-2-4-9-18(15)25/h1-11,13H,12H2,(H,23,24,26). The number of para-hydroxylation sites is 2. The molecule has 3 aromatic heterocycles. The van der Waals surface area contributed by atoms with Gasteiger partial charge in [0.1, 0.15) is 6.54 Å². The summed E-state index contributed by atoms with van der Waals surface area (Å²) < 4.78 is 1.88. The van der Waals surface area contributed by atoms with Gasteiger partial charge in [-0.25, -0.2) is 4.98 Å². The molecule has 2 aromatic carbocycles. The van der Waals surface area contributed by atoms with E-state index in [9.17, 15) is 9.59 Å². The van der Waals surface area contributed by atoms with E-state index in [1.54, 1.807) is 23.5 Å². The molecule has 0 saturated heterocycles. The third-order valence-corrected chi connectivity index (χ3v) is 6.35. The molecular formula is C22H15N3O2S2. The Morgan fingerprint density at radius 3 is 2.28 bits per heavy atom. The van der Waals surface area contributed by atoms with E-state index >= 15 is 0 Å². The molecule has 1 N–H and O–H groups in total. The highest BCUT2D eigenvalue weighted by atomic mass is 32.1. The number of anilines is 1. The van der Waals surface area contributed by atoms with Gasteiger partial charge in [0, 0.05) is 16.2 Å². The van der Waals surface area contributed by atoms with Crippen LogP contribution in [-0.2, 0) is 11.3 Å². The predicted octanol–water partition coefficient (Wildman–Crippen LogP) is 4.98. The van der Waals surface area contributed by atoms with Crippen molar-refractivity contribution in [3.8, 4) is 10.6 Å². The van der Waals surface area contributed by atoms with Crippen LogP contribution >= 0.6 is 22.7 Å². The summed E-state index contributed by atoms with van der Waals surface area (Å²) in [5.74, 6) is -0.184. The van der Waals surface area contributed by atoms with Gasteiger partial charge in [0.15, 0.2) is 10.6 Å². The zero-order valence-corrected chi connectivity index (χ0v) is 16.8. The number of pyridine rings is 1. The molecule has 142 valence electrons. The Labute approximate surface area is 173 Å². The van der Waals surface area contributed by atoms with Crippen molar-refractivity contribution in [2.45, 2.75) is 6.54 Å². The van der Waals surface area contributed by atoms with Crippen LogP contribution in [0.15, 0.2) is 76.2 Å². The van der Waals surface area contributed by atoms with Crippen LogP contribution in [-0.4, -0.2) is 15.5 Å². The van der Waals surface area contributed by atoms with Crippen LogP contribution < -0.4 is 10.7 Å². The third kappa shape index (κ3) is 3.24. The fourth-order valence-corrected chi connectivity index (χ4v) is 4.91. The van der Waals surface area contributed by atoms with Gasteiger partial charge in [-0.2, -0.15) is 0 Å². The van der Waals surface area contributed by atoms with Gasteiger partial charge in [0.05, 0.1) is 21.6 Å². The van der Waals surface area contributed by atoms with Crippen molar-refractivity contribution < 1.29 is 4.79 Å². The molecular weight excluding hydrogens is 402 g/mol. The van der Waals surface area contributed by atoms with Crippen molar-refractivity contribution in [2.75, 3.05) is 5.32 Å². The second kappa shape index (κ2) is 7.27. The Kier molecular flexibility index (Phi) is 4.46. The first-order valence-electron chi connectivity index (χ1n) is 9.00. The summed E-state index contributed by atoms with van der Waals surface area (Å²) in [7, 11) is 0. The monoisotopic (exact) mass is 417 g/mol. The number of amides is 1. The lowest BCUT2D eigenvalue weighted by Crippen LogP contribution is -2.21. The number of hydrogen-bond donors (Lipinski definition) is 1. The molecule has 29 heavy (non-hydrogen) atoms. The number of aromatic nitrogens is 2. The zero-order valence-electron chi connectivity index (χ0n) is 15.2. The Morgan fingerprint density at radius 2 is 1.62 bits per heavy atom. The van der Waals surface area contributed by atoms with Gasteiger partial charge in [-0.15, -0.1) is 22.7 Å². The van der Waals surface area contributed by atoms with Crippen LogP contribution in [0, 0.1) is 0 Å². The number of nitrogens with one attached hydrogen (secondary N) is 1. The number of thiophene rings is 1. The predicted molar refractivity (Wildman–Crippen MR) is 120 cm³/mol. The van der Waals surface area contributed by atoms with Gasteiger partial charge in [0.2, 0.25) is 5.91 Å². The molecule has 5 nitrogen and oxygen atoms in total. The summed E-state index contributed by atoms with van der Waals surface area (Å²) in [4.78, 5) is 31.2. The Hall–Kier alpha value is -3.29. The van der Waals surface area contributed by atoms with Gasteiger partial charge in [-0.05, 0) is 35.7 Å². The van der Waals surface area contributed by atoms with E-state index in [0.29, 0.717) is 15.9 Å². The molecule has 7 heteroatoms. The Morgan fingerprint density at radius 1 is 0.931 bits per heavy atom. The smallest absolute Gasteiger partial charge is 0.246 e. The van der Waals surface area contributed by atoms with Gasteiger partial charge in [0.25, 0.3) is 0 Å². The highest BCUT2D eigenvalue weighted by molar-refractivity contribution is 7.16. The molecule has 0 atom stereocenters. The quantitative estimate of drug-likeness (QED) is 0.420. The van der Waals surface area contributed by atoms with Crippen molar-refractivity contribution in [2.24, 2.45) is 0 Å². The van der Waals surface area contributed by atoms with Crippen molar-refractivity contribution in [1.29, 1.82) is 0 Å². The van der Waals surface area contributed by atoms with E-state index in [2.05, 4.69) is 10.3 Å². The van der Waals surface area contributed by atoms with Gasteiger partial charge in [-0.3, -0.25) is 9.59 Å². The molecule has 0 radical (unpaired) electrons. The number of nitrogens with zero attached hydrogens (tertiary/aromatic N) is 2. The largest absolute Gasteiger partial charge is 0.331 e. The average molecular weight is 418 g/mol. The molecule has 0 aliphatic carbocycles. The van der Waals surface area contributed by atoms with Crippen LogP contribution in [0.2, 0.25) is 0 Å². The SMILES string of the molecule is O=C(Cn1c2ccccc2c(=O)c2ccccc21)Nc1nc(-c2cccs2)cs1. The molecule has 0 unspecified atom stereocenters. The van der Waals surface area contributed by atoms with Crippen molar-refractivity contribution in [3.63, 3.8) is 0 Å². The first-order valence-corrected chi connectivity index (χ1v) is 10.8. The molecule has 5 rings (SSSR count). The Bertz CT molecular complexity index is 1340. The minimum atomic E-state index is -0.184. The van der Waals surface area contributed by atoms with E-state index < -0.39 is 0 Å². The maximum Gasteiger partial charge on any atom is 0.246 e. The van der Waals surface area contributed by atoms with E-state index in [-0.39, 0.29) is 17.9 Å². The van der Waals surface area contributed by atoms with Crippen LogP contribution in [0.4, 0.5) is 5.13 Å². The normalized spacial score (nSPS) is 11.2. The van der Waals surface area contributed by atoms with Crippen molar-refractivity contribution >= 4 is 55.5 Å². The fourth-order valence-electron chi connectivity index (χ4n) is 3.42.